The summed E-state index contributed by atoms with van der Waals surface area (Å²) in [7, 11) is -3.61. The molecular weight excluding hydrogens is 314 g/mol. The number of sulfonamides is 1. The molecule has 0 aliphatic carbocycles. The molecule has 7 heteroatoms. The Morgan fingerprint density at radius 2 is 1.70 bits per heavy atom. The third-order valence-electron chi connectivity index (χ3n) is 3.62. The number of benzene rings is 2. The van der Waals surface area contributed by atoms with Crippen LogP contribution in [0.2, 0.25) is 0 Å². The Morgan fingerprint density at radius 1 is 1.00 bits per heavy atom. The highest BCUT2D eigenvalue weighted by atomic mass is 32.2. The molecule has 0 amide bonds. The first-order valence-corrected chi connectivity index (χ1v) is 8.70. The molecule has 0 atom stereocenters. The van der Waals surface area contributed by atoms with Crippen molar-refractivity contribution in [2.24, 2.45) is 0 Å². The zero-order valence-corrected chi connectivity index (χ0v) is 13.4. The van der Waals surface area contributed by atoms with E-state index in [9.17, 15) is 13.2 Å². The van der Waals surface area contributed by atoms with Crippen LogP contribution in [0.5, 0.6) is 0 Å². The summed E-state index contributed by atoms with van der Waals surface area (Å²) in [5.41, 5.74) is 2.93. The molecule has 0 aliphatic heterocycles. The molecule has 0 bridgehead atoms. The lowest BCUT2D eigenvalue weighted by Gasteiger charge is -2.07. The zero-order chi connectivity index (χ0) is 16.4. The lowest BCUT2D eigenvalue weighted by atomic mass is 10.1. The minimum Gasteiger partial charge on any atom is -0.306 e. The Labute approximate surface area is 133 Å². The molecule has 0 fully saturated rings. The van der Waals surface area contributed by atoms with E-state index in [2.05, 4.69) is 14.7 Å². The molecule has 1 aromatic heterocycles. The van der Waals surface area contributed by atoms with E-state index in [4.69, 9.17) is 0 Å². The summed E-state index contributed by atoms with van der Waals surface area (Å²) < 4.78 is 27.2. The van der Waals surface area contributed by atoms with E-state index < -0.39 is 10.0 Å². The van der Waals surface area contributed by atoms with Gasteiger partial charge >= 0.3 is 5.69 Å². The van der Waals surface area contributed by atoms with Gasteiger partial charge in [-0.25, -0.2) is 17.9 Å². The zero-order valence-electron chi connectivity index (χ0n) is 12.6. The average Bonchev–Trinajstić information content (AvgIpc) is 2.88. The predicted molar refractivity (Wildman–Crippen MR) is 89.0 cm³/mol. The van der Waals surface area contributed by atoms with Crippen LogP contribution in [-0.2, 0) is 16.4 Å². The SMILES string of the molecule is Cc1ccc(CCNS(=O)(=O)c2ccc3[nH]c(=O)[nH]c3c2)cc1. The van der Waals surface area contributed by atoms with Crippen molar-refractivity contribution < 1.29 is 8.42 Å². The molecule has 0 saturated carbocycles. The number of hydrogen-bond donors (Lipinski definition) is 3. The highest BCUT2D eigenvalue weighted by Gasteiger charge is 2.14. The summed E-state index contributed by atoms with van der Waals surface area (Å²) >= 11 is 0. The number of aryl methyl sites for hydroxylation is 1. The van der Waals surface area contributed by atoms with Gasteiger partial charge < -0.3 is 9.97 Å². The van der Waals surface area contributed by atoms with Gasteiger partial charge in [-0.3, -0.25) is 0 Å². The van der Waals surface area contributed by atoms with Gasteiger partial charge in [0.25, 0.3) is 0 Å². The van der Waals surface area contributed by atoms with Gasteiger partial charge in [-0.2, -0.15) is 0 Å². The second-order valence-electron chi connectivity index (χ2n) is 5.42. The first kappa shape index (κ1) is 15.5. The molecule has 3 N–H and O–H groups in total. The molecule has 120 valence electrons. The summed E-state index contributed by atoms with van der Waals surface area (Å²) in [6, 6.07) is 12.5. The van der Waals surface area contributed by atoms with Crippen molar-refractivity contribution in [1.82, 2.24) is 14.7 Å². The summed E-state index contributed by atoms with van der Waals surface area (Å²) in [6.45, 7) is 2.32. The number of rotatable bonds is 5. The Morgan fingerprint density at radius 3 is 2.43 bits per heavy atom. The van der Waals surface area contributed by atoms with Gasteiger partial charge in [0, 0.05) is 6.54 Å². The number of nitrogens with one attached hydrogen (secondary N) is 3. The van der Waals surface area contributed by atoms with Crippen molar-refractivity contribution in [3.63, 3.8) is 0 Å². The quantitative estimate of drug-likeness (QED) is 0.664. The Kier molecular flexibility index (Phi) is 4.06. The fourth-order valence-electron chi connectivity index (χ4n) is 2.35. The highest BCUT2D eigenvalue weighted by molar-refractivity contribution is 7.89. The molecule has 0 radical (unpaired) electrons. The van der Waals surface area contributed by atoms with Gasteiger partial charge in [-0.1, -0.05) is 29.8 Å². The molecule has 0 saturated heterocycles. The van der Waals surface area contributed by atoms with Crippen LogP contribution in [0.25, 0.3) is 11.0 Å². The van der Waals surface area contributed by atoms with E-state index >= 15 is 0 Å². The van der Waals surface area contributed by atoms with E-state index in [0.29, 0.717) is 24.0 Å². The standard InChI is InChI=1S/C16H17N3O3S/c1-11-2-4-12(5-3-11)8-9-17-23(21,22)13-6-7-14-15(10-13)19-16(20)18-14/h2-7,10,17H,8-9H2,1H3,(H2,18,19,20). The monoisotopic (exact) mass is 331 g/mol. The lowest BCUT2D eigenvalue weighted by Crippen LogP contribution is -2.26. The summed E-state index contributed by atoms with van der Waals surface area (Å²) in [5, 5.41) is 0. The van der Waals surface area contributed by atoms with Crippen molar-refractivity contribution in [1.29, 1.82) is 0 Å². The van der Waals surface area contributed by atoms with Crippen LogP contribution in [0.15, 0.2) is 52.2 Å². The molecule has 6 nitrogen and oxygen atoms in total. The molecule has 3 aromatic rings. The minimum absolute atomic E-state index is 0.129. The topological polar surface area (TPSA) is 94.8 Å². The summed E-state index contributed by atoms with van der Waals surface area (Å²) in [4.78, 5) is 16.5. The third-order valence-corrected chi connectivity index (χ3v) is 5.08. The van der Waals surface area contributed by atoms with Gasteiger partial charge in [0.1, 0.15) is 0 Å². The molecular formula is C16H17N3O3S. The van der Waals surface area contributed by atoms with Crippen molar-refractivity contribution in [2.45, 2.75) is 18.2 Å². The smallest absolute Gasteiger partial charge is 0.306 e. The van der Waals surface area contributed by atoms with Crippen molar-refractivity contribution >= 4 is 21.1 Å². The normalized spacial score (nSPS) is 11.9. The van der Waals surface area contributed by atoms with Gasteiger partial charge in [-0.05, 0) is 37.1 Å². The molecule has 0 spiro atoms. The molecule has 23 heavy (non-hydrogen) atoms. The number of aromatic amines is 2. The second-order valence-corrected chi connectivity index (χ2v) is 7.19. The Bertz CT molecular complexity index is 985. The maximum absolute atomic E-state index is 12.3. The highest BCUT2D eigenvalue weighted by Crippen LogP contribution is 2.15. The molecule has 0 aliphatic rings. The van der Waals surface area contributed by atoms with Gasteiger partial charge in [-0.15, -0.1) is 0 Å². The molecule has 1 heterocycles. The maximum Gasteiger partial charge on any atom is 0.323 e. The van der Waals surface area contributed by atoms with Crippen LogP contribution >= 0.6 is 0 Å². The van der Waals surface area contributed by atoms with Crippen molar-refractivity contribution in [3.8, 4) is 0 Å². The summed E-state index contributed by atoms with van der Waals surface area (Å²) in [6.07, 6.45) is 0.614. The van der Waals surface area contributed by atoms with Crippen LogP contribution in [-0.4, -0.2) is 24.9 Å². The number of aromatic nitrogens is 2. The van der Waals surface area contributed by atoms with E-state index in [1.165, 1.54) is 17.7 Å². The molecule has 0 unspecified atom stereocenters. The van der Waals surface area contributed by atoms with Crippen LogP contribution in [0.1, 0.15) is 11.1 Å². The number of H-pyrrole nitrogens is 2. The fraction of sp³-hybridized carbons (Fsp3) is 0.188. The lowest BCUT2D eigenvalue weighted by molar-refractivity contribution is 0.582. The van der Waals surface area contributed by atoms with Gasteiger partial charge in [0.2, 0.25) is 10.0 Å². The second kappa shape index (κ2) is 6.02. The van der Waals surface area contributed by atoms with E-state index in [-0.39, 0.29) is 10.6 Å². The van der Waals surface area contributed by atoms with E-state index in [0.717, 1.165) is 5.56 Å². The van der Waals surface area contributed by atoms with Crippen molar-refractivity contribution in [2.75, 3.05) is 6.54 Å². The number of hydrogen-bond acceptors (Lipinski definition) is 3. The predicted octanol–water partition coefficient (Wildman–Crippen LogP) is 1.69. The summed E-state index contributed by atoms with van der Waals surface area (Å²) in [5.74, 6) is 0. The van der Waals surface area contributed by atoms with Crippen molar-refractivity contribution in [3.05, 3.63) is 64.1 Å². The first-order valence-electron chi connectivity index (χ1n) is 7.21. The fourth-order valence-corrected chi connectivity index (χ4v) is 3.40. The minimum atomic E-state index is -3.61. The van der Waals surface area contributed by atoms with Crippen LogP contribution in [0.4, 0.5) is 0 Å². The van der Waals surface area contributed by atoms with Crippen LogP contribution in [0, 0.1) is 6.92 Å². The van der Waals surface area contributed by atoms with E-state index in [1.807, 2.05) is 31.2 Å². The van der Waals surface area contributed by atoms with Crippen LogP contribution < -0.4 is 10.4 Å². The first-order chi connectivity index (χ1) is 10.9. The Hall–Kier alpha value is -2.38. The Balaban J connectivity index is 1.72. The average molecular weight is 331 g/mol. The maximum atomic E-state index is 12.3. The van der Waals surface area contributed by atoms with Gasteiger partial charge in [0.15, 0.2) is 0 Å². The molecule has 3 rings (SSSR count). The van der Waals surface area contributed by atoms with E-state index in [1.54, 1.807) is 6.07 Å². The number of imidazole rings is 1. The largest absolute Gasteiger partial charge is 0.323 e. The third kappa shape index (κ3) is 3.52. The molecule has 2 aromatic carbocycles. The number of fused-ring (bicyclic) bond motifs is 1. The van der Waals surface area contributed by atoms with Gasteiger partial charge in [0.05, 0.1) is 15.9 Å². The van der Waals surface area contributed by atoms with Crippen LogP contribution in [0.3, 0.4) is 0 Å².